The summed E-state index contributed by atoms with van der Waals surface area (Å²) in [5, 5.41) is 0. The highest BCUT2D eigenvalue weighted by Gasteiger charge is 2.39. The van der Waals surface area contributed by atoms with Crippen LogP contribution in [-0.4, -0.2) is 12.1 Å². The lowest BCUT2D eigenvalue weighted by Gasteiger charge is -2.42. The Balaban J connectivity index is 2.10. The summed E-state index contributed by atoms with van der Waals surface area (Å²) in [5.41, 5.74) is 3.51. The molecule has 2 aliphatic rings. The summed E-state index contributed by atoms with van der Waals surface area (Å²) in [6.45, 7) is 3.68. The van der Waals surface area contributed by atoms with Crippen molar-refractivity contribution in [3.05, 3.63) is 29.8 Å². The minimum absolute atomic E-state index is 0.467. The first-order valence-corrected chi connectivity index (χ1v) is 5.65. The quantitative estimate of drug-likeness (QED) is 0.603. The number of hydrogen-bond acceptors (Lipinski definition) is 1. The van der Waals surface area contributed by atoms with E-state index in [1.165, 1.54) is 37.9 Å². The Morgan fingerprint density at radius 1 is 1.21 bits per heavy atom. The summed E-state index contributed by atoms with van der Waals surface area (Å²) in [4.78, 5) is 2.63. The summed E-state index contributed by atoms with van der Waals surface area (Å²) >= 11 is 0. The van der Waals surface area contributed by atoms with Gasteiger partial charge in [0.15, 0.2) is 0 Å². The molecule has 2 aliphatic heterocycles. The Labute approximate surface area is 85.7 Å². The van der Waals surface area contributed by atoms with Crippen molar-refractivity contribution in [2.24, 2.45) is 0 Å². The Bertz CT molecular complexity index is 358. The highest BCUT2D eigenvalue weighted by Crippen LogP contribution is 2.42. The molecule has 1 saturated heterocycles. The number of rotatable bonds is 0. The maximum atomic E-state index is 2.63. The fraction of sp³-hybridized carbons (Fsp3) is 0.538. The van der Waals surface area contributed by atoms with E-state index in [1.807, 2.05) is 0 Å². The lowest BCUT2D eigenvalue weighted by Crippen LogP contribution is -2.44. The molecule has 0 aliphatic carbocycles. The molecule has 2 heterocycles. The Kier molecular flexibility index (Phi) is 1.64. The van der Waals surface area contributed by atoms with Gasteiger partial charge in [-0.25, -0.2) is 0 Å². The Hall–Kier alpha value is -0.980. The van der Waals surface area contributed by atoms with Crippen LogP contribution in [0.3, 0.4) is 0 Å². The predicted octanol–water partition coefficient (Wildman–Crippen LogP) is 2.99. The van der Waals surface area contributed by atoms with Gasteiger partial charge in [0.2, 0.25) is 0 Å². The molecule has 1 atom stereocenters. The van der Waals surface area contributed by atoms with Gasteiger partial charge in [-0.3, -0.25) is 0 Å². The zero-order valence-electron chi connectivity index (χ0n) is 8.79. The molecule has 1 aromatic carbocycles. The summed E-state index contributed by atoms with van der Waals surface area (Å²) in [6.07, 6.45) is 5.35. The van der Waals surface area contributed by atoms with E-state index in [0.717, 1.165) is 0 Å². The molecule has 1 unspecified atom stereocenters. The Morgan fingerprint density at radius 3 is 3.00 bits per heavy atom. The monoisotopic (exact) mass is 187 g/mol. The maximum absolute atomic E-state index is 2.63. The van der Waals surface area contributed by atoms with E-state index in [-0.39, 0.29) is 0 Å². The number of anilines is 1. The number of hydrogen-bond donors (Lipinski definition) is 0. The molecule has 0 amide bonds. The molecule has 0 bridgehead atoms. The predicted molar refractivity (Wildman–Crippen MR) is 59.7 cm³/mol. The molecule has 1 nitrogen and oxygen atoms in total. The molecule has 14 heavy (non-hydrogen) atoms. The molecule has 1 heteroatoms. The van der Waals surface area contributed by atoms with E-state index in [4.69, 9.17) is 0 Å². The molecular weight excluding hydrogens is 170 g/mol. The molecule has 74 valence electrons. The summed E-state index contributed by atoms with van der Waals surface area (Å²) in [5.74, 6) is 0. The second kappa shape index (κ2) is 2.75. The number of aryl methyl sites for hydroxylation is 1. The fourth-order valence-corrected chi connectivity index (χ4v) is 3.08. The second-order valence-corrected chi connectivity index (χ2v) is 4.88. The van der Waals surface area contributed by atoms with Crippen molar-refractivity contribution in [3.63, 3.8) is 0 Å². The van der Waals surface area contributed by atoms with Crippen LogP contribution in [0.5, 0.6) is 0 Å². The van der Waals surface area contributed by atoms with Gasteiger partial charge < -0.3 is 4.90 Å². The van der Waals surface area contributed by atoms with E-state index in [1.54, 1.807) is 5.56 Å². The standard InChI is InChI=1S/C13H17N/c1-13-8-4-10-14(13)12-6-3-2-5-11(12)7-9-13/h2-3,5-6H,4,7-10H2,1H3. The number of fused-ring (bicyclic) bond motifs is 3. The minimum atomic E-state index is 0.467. The van der Waals surface area contributed by atoms with Crippen molar-refractivity contribution in [1.82, 2.24) is 0 Å². The molecule has 0 aromatic heterocycles. The summed E-state index contributed by atoms with van der Waals surface area (Å²) in [6, 6.07) is 8.91. The normalized spacial score (nSPS) is 29.9. The molecule has 0 radical (unpaired) electrons. The van der Waals surface area contributed by atoms with Gasteiger partial charge in [-0.15, -0.1) is 0 Å². The highest BCUT2D eigenvalue weighted by atomic mass is 15.2. The van der Waals surface area contributed by atoms with Gasteiger partial charge >= 0.3 is 0 Å². The molecule has 0 saturated carbocycles. The fourth-order valence-electron chi connectivity index (χ4n) is 3.08. The van der Waals surface area contributed by atoms with E-state index in [2.05, 4.69) is 36.1 Å². The largest absolute Gasteiger partial charge is 0.366 e. The summed E-state index contributed by atoms with van der Waals surface area (Å²) < 4.78 is 0. The zero-order chi connectivity index (χ0) is 9.60. The maximum Gasteiger partial charge on any atom is 0.0403 e. The third-order valence-corrected chi connectivity index (χ3v) is 3.96. The van der Waals surface area contributed by atoms with E-state index < -0.39 is 0 Å². The van der Waals surface area contributed by atoms with Gasteiger partial charge in [0, 0.05) is 17.8 Å². The van der Waals surface area contributed by atoms with Gasteiger partial charge in [0.05, 0.1) is 0 Å². The molecule has 3 rings (SSSR count). The van der Waals surface area contributed by atoms with Crippen LogP contribution in [0.4, 0.5) is 5.69 Å². The van der Waals surface area contributed by atoms with Gasteiger partial charge in [-0.05, 0) is 44.2 Å². The Morgan fingerprint density at radius 2 is 2.07 bits per heavy atom. The van der Waals surface area contributed by atoms with Crippen molar-refractivity contribution in [1.29, 1.82) is 0 Å². The molecule has 1 fully saturated rings. The van der Waals surface area contributed by atoms with Crippen LogP contribution in [0.15, 0.2) is 24.3 Å². The summed E-state index contributed by atoms with van der Waals surface area (Å²) in [7, 11) is 0. The topological polar surface area (TPSA) is 3.24 Å². The average Bonchev–Trinajstić information content (AvgIpc) is 2.60. The van der Waals surface area contributed by atoms with Crippen LogP contribution in [0.25, 0.3) is 0 Å². The van der Waals surface area contributed by atoms with Crippen LogP contribution in [0.1, 0.15) is 31.7 Å². The van der Waals surface area contributed by atoms with Crippen molar-refractivity contribution < 1.29 is 0 Å². The van der Waals surface area contributed by atoms with Gasteiger partial charge in [-0.1, -0.05) is 18.2 Å². The van der Waals surface area contributed by atoms with Crippen LogP contribution >= 0.6 is 0 Å². The first kappa shape index (κ1) is 8.34. The van der Waals surface area contributed by atoms with Gasteiger partial charge in [0.1, 0.15) is 0 Å². The number of nitrogens with zero attached hydrogens (tertiary/aromatic N) is 1. The lowest BCUT2D eigenvalue weighted by molar-refractivity contribution is 0.416. The first-order chi connectivity index (χ1) is 6.80. The van der Waals surface area contributed by atoms with Crippen LogP contribution in [-0.2, 0) is 6.42 Å². The third kappa shape index (κ3) is 1.01. The lowest BCUT2D eigenvalue weighted by atomic mass is 9.86. The second-order valence-electron chi connectivity index (χ2n) is 4.88. The molecule has 0 spiro atoms. The van der Waals surface area contributed by atoms with E-state index >= 15 is 0 Å². The van der Waals surface area contributed by atoms with Gasteiger partial charge in [-0.2, -0.15) is 0 Å². The highest BCUT2D eigenvalue weighted by molar-refractivity contribution is 5.58. The first-order valence-electron chi connectivity index (χ1n) is 5.65. The average molecular weight is 187 g/mol. The minimum Gasteiger partial charge on any atom is -0.366 e. The van der Waals surface area contributed by atoms with E-state index in [0.29, 0.717) is 5.54 Å². The van der Waals surface area contributed by atoms with Crippen molar-refractivity contribution in [3.8, 4) is 0 Å². The van der Waals surface area contributed by atoms with Crippen molar-refractivity contribution in [2.75, 3.05) is 11.4 Å². The zero-order valence-corrected chi connectivity index (χ0v) is 8.79. The SMILES string of the molecule is CC12CCCN1c1ccccc1CC2. The number of benzene rings is 1. The van der Waals surface area contributed by atoms with Crippen LogP contribution in [0.2, 0.25) is 0 Å². The van der Waals surface area contributed by atoms with Crippen LogP contribution < -0.4 is 4.90 Å². The van der Waals surface area contributed by atoms with Crippen LogP contribution in [0, 0.1) is 0 Å². The number of para-hydroxylation sites is 1. The molecule has 1 aromatic rings. The van der Waals surface area contributed by atoms with Gasteiger partial charge in [0.25, 0.3) is 0 Å². The van der Waals surface area contributed by atoms with Crippen molar-refractivity contribution >= 4 is 5.69 Å². The van der Waals surface area contributed by atoms with Crippen molar-refractivity contribution in [2.45, 2.75) is 38.1 Å². The van der Waals surface area contributed by atoms with E-state index in [9.17, 15) is 0 Å². The smallest absolute Gasteiger partial charge is 0.0403 e. The molecular formula is C13H17N. The third-order valence-electron chi connectivity index (χ3n) is 3.96. The molecule has 0 N–H and O–H groups in total.